The third-order valence-corrected chi connectivity index (χ3v) is 1.92. The lowest BCUT2D eigenvalue weighted by molar-refractivity contribution is 0.0705. The van der Waals surface area contributed by atoms with E-state index in [9.17, 15) is 0 Å². The highest BCUT2D eigenvalue weighted by Crippen LogP contribution is 2.04. The summed E-state index contributed by atoms with van der Waals surface area (Å²) in [6.07, 6.45) is 2.55. The molecule has 0 aliphatic carbocycles. The molecule has 0 aliphatic heterocycles. The minimum absolute atomic E-state index is 0.179. The maximum absolute atomic E-state index is 5.45. The van der Waals surface area contributed by atoms with Crippen LogP contribution in [0.25, 0.3) is 0 Å². The van der Waals surface area contributed by atoms with Gasteiger partial charge in [-0.25, -0.2) is 4.98 Å². The zero-order valence-electron chi connectivity index (χ0n) is 9.36. The van der Waals surface area contributed by atoms with Gasteiger partial charge in [-0.3, -0.25) is 0 Å². The SMILES string of the molecule is Cc1ccnc(NCCCOC(C)N)c1. The van der Waals surface area contributed by atoms with E-state index in [-0.39, 0.29) is 6.23 Å². The summed E-state index contributed by atoms with van der Waals surface area (Å²) in [5, 5.41) is 3.23. The normalized spacial score (nSPS) is 12.5. The first-order valence-electron chi connectivity index (χ1n) is 5.22. The fourth-order valence-corrected chi connectivity index (χ4v) is 1.19. The Bertz CT molecular complexity index is 289. The van der Waals surface area contributed by atoms with E-state index in [4.69, 9.17) is 10.5 Å². The molecule has 1 aromatic rings. The van der Waals surface area contributed by atoms with Gasteiger partial charge in [0.2, 0.25) is 0 Å². The van der Waals surface area contributed by atoms with E-state index in [0.717, 1.165) is 18.8 Å². The van der Waals surface area contributed by atoms with Gasteiger partial charge < -0.3 is 15.8 Å². The van der Waals surface area contributed by atoms with Crippen molar-refractivity contribution in [1.29, 1.82) is 0 Å². The van der Waals surface area contributed by atoms with E-state index in [1.807, 2.05) is 26.0 Å². The van der Waals surface area contributed by atoms with Gasteiger partial charge in [-0.2, -0.15) is 0 Å². The average Bonchev–Trinajstić information content (AvgIpc) is 2.17. The molecule has 0 radical (unpaired) electrons. The van der Waals surface area contributed by atoms with Gasteiger partial charge in [0.05, 0.1) is 6.61 Å². The molecule has 1 unspecified atom stereocenters. The quantitative estimate of drug-likeness (QED) is 0.551. The second-order valence-corrected chi connectivity index (χ2v) is 3.57. The van der Waals surface area contributed by atoms with Crippen molar-refractivity contribution >= 4 is 5.82 Å². The van der Waals surface area contributed by atoms with Crippen molar-refractivity contribution in [2.24, 2.45) is 5.73 Å². The van der Waals surface area contributed by atoms with Crippen LogP contribution in [-0.2, 0) is 4.74 Å². The Balaban J connectivity index is 2.15. The first-order valence-corrected chi connectivity index (χ1v) is 5.22. The fraction of sp³-hybridized carbons (Fsp3) is 0.545. The van der Waals surface area contributed by atoms with Crippen LogP contribution in [0, 0.1) is 6.92 Å². The van der Waals surface area contributed by atoms with Crippen LogP contribution >= 0.6 is 0 Å². The van der Waals surface area contributed by atoms with E-state index in [1.54, 1.807) is 6.20 Å². The summed E-state index contributed by atoms with van der Waals surface area (Å²) >= 11 is 0. The van der Waals surface area contributed by atoms with Crippen LogP contribution < -0.4 is 11.1 Å². The molecule has 4 nitrogen and oxygen atoms in total. The Morgan fingerprint density at radius 1 is 1.60 bits per heavy atom. The third-order valence-electron chi connectivity index (χ3n) is 1.92. The van der Waals surface area contributed by atoms with Gasteiger partial charge in [0.25, 0.3) is 0 Å². The molecule has 0 bridgehead atoms. The molecule has 0 fully saturated rings. The van der Waals surface area contributed by atoms with Crippen molar-refractivity contribution in [1.82, 2.24) is 4.98 Å². The van der Waals surface area contributed by atoms with Gasteiger partial charge in [0.15, 0.2) is 0 Å². The monoisotopic (exact) mass is 209 g/mol. The first-order chi connectivity index (χ1) is 7.18. The summed E-state index contributed by atoms with van der Waals surface area (Å²) in [5.74, 6) is 0.913. The Morgan fingerprint density at radius 2 is 2.40 bits per heavy atom. The summed E-state index contributed by atoms with van der Waals surface area (Å²) in [4.78, 5) is 4.20. The number of nitrogens with two attached hydrogens (primary N) is 1. The van der Waals surface area contributed by atoms with Crippen molar-refractivity contribution in [2.75, 3.05) is 18.5 Å². The molecule has 3 N–H and O–H groups in total. The van der Waals surface area contributed by atoms with Crippen molar-refractivity contribution in [3.8, 4) is 0 Å². The fourth-order valence-electron chi connectivity index (χ4n) is 1.19. The van der Waals surface area contributed by atoms with Gasteiger partial charge in [-0.15, -0.1) is 0 Å². The third kappa shape index (κ3) is 5.34. The molecular formula is C11H19N3O. The van der Waals surface area contributed by atoms with Crippen molar-refractivity contribution in [3.63, 3.8) is 0 Å². The highest BCUT2D eigenvalue weighted by atomic mass is 16.5. The lowest BCUT2D eigenvalue weighted by Crippen LogP contribution is -2.20. The number of anilines is 1. The standard InChI is InChI=1S/C11H19N3O/c1-9-4-6-14-11(8-9)13-5-3-7-15-10(2)12/h4,6,8,10H,3,5,7,12H2,1-2H3,(H,13,14). The molecule has 0 aliphatic rings. The van der Waals surface area contributed by atoms with Crippen LogP contribution in [0.1, 0.15) is 18.9 Å². The number of aromatic nitrogens is 1. The lowest BCUT2D eigenvalue weighted by atomic mass is 10.3. The number of ether oxygens (including phenoxy) is 1. The summed E-state index contributed by atoms with van der Waals surface area (Å²) in [6, 6.07) is 4.00. The molecule has 84 valence electrons. The van der Waals surface area contributed by atoms with E-state index in [2.05, 4.69) is 10.3 Å². The number of nitrogens with one attached hydrogen (secondary N) is 1. The number of aryl methyl sites for hydroxylation is 1. The molecule has 0 saturated heterocycles. The van der Waals surface area contributed by atoms with E-state index in [0.29, 0.717) is 6.61 Å². The molecular weight excluding hydrogens is 190 g/mol. The van der Waals surface area contributed by atoms with Gasteiger partial charge in [-0.05, 0) is 38.0 Å². The Labute approximate surface area is 90.8 Å². The van der Waals surface area contributed by atoms with E-state index in [1.165, 1.54) is 5.56 Å². The molecule has 15 heavy (non-hydrogen) atoms. The number of rotatable bonds is 6. The molecule has 0 spiro atoms. The summed E-state index contributed by atoms with van der Waals surface area (Å²) < 4.78 is 5.22. The van der Waals surface area contributed by atoms with Crippen LogP contribution in [0.15, 0.2) is 18.3 Å². The Morgan fingerprint density at radius 3 is 3.07 bits per heavy atom. The van der Waals surface area contributed by atoms with Gasteiger partial charge >= 0.3 is 0 Å². The molecule has 1 aromatic heterocycles. The summed E-state index contributed by atoms with van der Waals surface area (Å²) in [6.45, 7) is 5.40. The number of pyridine rings is 1. The lowest BCUT2D eigenvalue weighted by Gasteiger charge is -2.08. The van der Waals surface area contributed by atoms with Crippen molar-refractivity contribution in [2.45, 2.75) is 26.5 Å². The topological polar surface area (TPSA) is 60.2 Å². The maximum Gasteiger partial charge on any atom is 0.126 e. The molecule has 1 rings (SSSR count). The van der Waals surface area contributed by atoms with Crippen LogP contribution in [0.4, 0.5) is 5.82 Å². The number of hydrogen-bond acceptors (Lipinski definition) is 4. The Hall–Kier alpha value is -1.13. The minimum Gasteiger partial charge on any atom is -0.370 e. The highest BCUT2D eigenvalue weighted by molar-refractivity contribution is 5.36. The second-order valence-electron chi connectivity index (χ2n) is 3.57. The second kappa shape index (κ2) is 6.37. The largest absolute Gasteiger partial charge is 0.370 e. The predicted molar refractivity (Wildman–Crippen MR) is 61.7 cm³/mol. The highest BCUT2D eigenvalue weighted by Gasteiger charge is 1.95. The molecule has 1 heterocycles. The van der Waals surface area contributed by atoms with Crippen LogP contribution in [0.2, 0.25) is 0 Å². The van der Waals surface area contributed by atoms with Crippen LogP contribution in [-0.4, -0.2) is 24.4 Å². The van der Waals surface area contributed by atoms with Gasteiger partial charge in [-0.1, -0.05) is 0 Å². The number of nitrogens with zero attached hydrogens (tertiary/aromatic N) is 1. The smallest absolute Gasteiger partial charge is 0.126 e. The summed E-state index contributed by atoms with van der Waals surface area (Å²) in [7, 11) is 0. The molecule has 0 saturated carbocycles. The first kappa shape index (κ1) is 11.9. The van der Waals surface area contributed by atoms with Crippen LogP contribution in [0.5, 0.6) is 0 Å². The molecule has 1 atom stereocenters. The maximum atomic E-state index is 5.45. The molecule has 0 aromatic carbocycles. The van der Waals surface area contributed by atoms with Crippen molar-refractivity contribution < 1.29 is 4.74 Å². The van der Waals surface area contributed by atoms with E-state index >= 15 is 0 Å². The van der Waals surface area contributed by atoms with Crippen molar-refractivity contribution in [3.05, 3.63) is 23.9 Å². The Kier molecular flexibility index (Phi) is 5.07. The van der Waals surface area contributed by atoms with Crippen LogP contribution in [0.3, 0.4) is 0 Å². The zero-order valence-corrected chi connectivity index (χ0v) is 9.36. The minimum atomic E-state index is -0.179. The predicted octanol–water partition coefficient (Wildman–Crippen LogP) is 1.51. The molecule has 4 heteroatoms. The van der Waals surface area contributed by atoms with Gasteiger partial charge in [0, 0.05) is 12.7 Å². The van der Waals surface area contributed by atoms with E-state index < -0.39 is 0 Å². The average molecular weight is 209 g/mol. The van der Waals surface area contributed by atoms with Gasteiger partial charge in [0.1, 0.15) is 12.0 Å². The molecule has 0 amide bonds. The number of hydrogen-bond donors (Lipinski definition) is 2. The summed E-state index contributed by atoms with van der Waals surface area (Å²) in [5.41, 5.74) is 6.66. The zero-order chi connectivity index (χ0) is 11.1.